The predicted molar refractivity (Wildman–Crippen MR) is 87.4 cm³/mol. The largest absolute Gasteiger partial charge is 0.497 e. The number of carbonyl (C=O) groups is 2. The van der Waals surface area contributed by atoms with Crippen molar-refractivity contribution in [2.75, 3.05) is 14.2 Å². The number of aromatic nitrogens is 2. The molecule has 0 aliphatic carbocycles. The lowest BCUT2D eigenvalue weighted by molar-refractivity contribution is -0.122. The van der Waals surface area contributed by atoms with Crippen LogP contribution < -0.4 is 15.4 Å². The second kappa shape index (κ2) is 8.00. The minimum Gasteiger partial charge on any atom is -0.497 e. The molecular formula is C16H20N4O4. The molecule has 0 aliphatic heterocycles. The third kappa shape index (κ3) is 4.25. The molecule has 0 saturated heterocycles. The van der Waals surface area contributed by atoms with Crippen LogP contribution in [-0.4, -0.2) is 42.5 Å². The van der Waals surface area contributed by atoms with Gasteiger partial charge in [-0.2, -0.15) is 5.10 Å². The summed E-state index contributed by atoms with van der Waals surface area (Å²) in [4.78, 5) is 23.1. The topological polar surface area (TPSA) is 105 Å². The van der Waals surface area contributed by atoms with E-state index in [1.54, 1.807) is 20.2 Å². The first-order valence-electron chi connectivity index (χ1n) is 7.34. The zero-order valence-corrected chi connectivity index (χ0v) is 13.8. The van der Waals surface area contributed by atoms with E-state index in [-0.39, 0.29) is 12.5 Å². The van der Waals surface area contributed by atoms with Gasteiger partial charge < -0.3 is 20.1 Å². The van der Waals surface area contributed by atoms with Crippen LogP contribution in [0.5, 0.6) is 5.75 Å². The highest BCUT2D eigenvalue weighted by Crippen LogP contribution is 2.23. The minimum atomic E-state index is -0.700. The van der Waals surface area contributed by atoms with Gasteiger partial charge in [0, 0.05) is 17.7 Å². The van der Waals surface area contributed by atoms with E-state index < -0.39 is 12.1 Å². The van der Waals surface area contributed by atoms with Gasteiger partial charge in [-0.25, -0.2) is 4.79 Å². The van der Waals surface area contributed by atoms with Gasteiger partial charge in [-0.15, -0.1) is 0 Å². The van der Waals surface area contributed by atoms with Crippen molar-refractivity contribution in [2.24, 2.45) is 0 Å². The average molecular weight is 332 g/mol. The Morgan fingerprint density at radius 2 is 1.96 bits per heavy atom. The number of H-pyrrole nitrogens is 1. The van der Waals surface area contributed by atoms with Gasteiger partial charge in [0.05, 0.1) is 26.1 Å². The fraction of sp³-hybridized carbons (Fsp3) is 0.312. The van der Waals surface area contributed by atoms with Crippen LogP contribution in [-0.2, 0) is 16.1 Å². The molecule has 8 heteroatoms. The van der Waals surface area contributed by atoms with Gasteiger partial charge in [0.2, 0.25) is 5.91 Å². The summed E-state index contributed by atoms with van der Waals surface area (Å²) in [6.45, 7) is 1.86. The molecule has 0 fully saturated rings. The molecule has 0 spiro atoms. The summed E-state index contributed by atoms with van der Waals surface area (Å²) in [6, 6.07) is 6.80. The maximum Gasteiger partial charge on any atom is 0.407 e. The second-order valence-corrected chi connectivity index (χ2v) is 5.07. The van der Waals surface area contributed by atoms with E-state index in [0.717, 1.165) is 22.6 Å². The molecule has 2 aromatic rings. The van der Waals surface area contributed by atoms with Crippen LogP contribution in [0.3, 0.4) is 0 Å². The molecule has 1 atom stereocenters. The number of alkyl carbamates (subject to hydrolysis) is 1. The molecule has 128 valence electrons. The van der Waals surface area contributed by atoms with Crippen molar-refractivity contribution >= 4 is 12.0 Å². The first kappa shape index (κ1) is 17.3. The lowest BCUT2D eigenvalue weighted by Crippen LogP contribution is -2.44. The van der Waals surface area contributed by atoms with Gasteiger partial charge in [-0.1, -0.05) is 0 Å². The van der Waals surface area contributed by atoms with Crippen LogP contribution >= 0.6 is 0 Å². The van der Waals surface area contributed by atoms with Gasteiger partial charge >= 0.3 is 6.09 Å². The molecular weight excluding hydrogens is 312 g/mol. The highest BCUT2D eigenvalue weighted by Gasteiger charge is 2.16. The Labute approximate surface area is 139 Å². The third-order valence-corrected chi connectivity index (χ3v) is 3.46. The molecule has 1 aromatic carbocycles. The number of nitrogens with zero attached hydrogens (tertiary/aromatic N) is 1. The van der Waals surface area contributed by atoms with Gasteiger partial charge in [0.25, 0.3) is 0 Å². The van der Waals surface area contributed by atoms with Crippen molar-refractivity contribution in [3.63, 3.8) is 0 Å². The summed E-state index contributed by atoms with van der Waals surface area (Å²) < 4.78 is 9.60. The number of carbonyl (C=O) groups excluding carboxylic acids is 2. The molecule has 1 unspecified atom stereocenters. The molecule has 0 saturated carbocycles. The fourth-order valence-electron chi connectivity index (χ4n) is 2.09. The number of methoxy groups -OCH3 is 2. The van der Waals surface area contributed by atoms with Crippen molar-refractivity contribution in [2.45, 2.75) is 19.5 Å². The third-order valence-electron chi connectivity index (χ3n) is 3.46. The smallest absolute Gasteiger partial charge is 0.407 e. The zero-order valence-electron chi connectivity index (χ0n) is 13.8. The number of amides is 2. The monoisotopic (exact) mass is 332 g/mol. The molecule has 3 N–H and O–H groups in total. The Balaban J connectivity index is 2.00. The standard InChI is InChI=1S/C16H20N4O4/c1-10(19-16(22)24-3)15(21)17-8-12-9-18-20-14(12)11-4-6-13(23-2)7-5-11/h4-7,9-10H,8H2,1-3H3,(H,17,21)(H,18,20)(H,19,22). The van der Waals surface area contributed by atoms with Crippen molar-refractivity contribution in [3.8, 4) is 17.0 Å². The molecule has 0 bridgehead atoms. The number of benzene rings is 1. The lowest BCUT2D eigenvalue weighted by Gasteiger charge is -2.13. The molecule has 0 radical (unpaired) electrons. The summed E-state index contributed by atoms with van der Waals surface area (Å²) in [5, 5.41) is 12.1. The summed E-state index contributed by atoms with van der Waals surface area (Å²) in [7, 11) is 2.85. The van der Waals surface area contributed by atoms with E-state index in [9.17, 15) is 9.59 Å². The molecule has 1 heterocycles. The van der Waals surface area contributed by atoms with Gasteiger partial charge in [0.1, 0.15) is 11.8 Å². The first-order chi connectivity index (χ1) is 11.5. The minimum absolute atomic E-state index is 0.282. The maximum absolute atomic E-state index is 12.0. The van der Waals surface area contributed by atoms with Gasteiger partial charge in [-0.05, 0) is 31.2 Å². The lowest BCUT2D eigenvalue weighted by atomic mass is 10.1. The van der Waals surface area contributed by atoms with Crippen LogP contribution in [0.1, 0.15) is 12.5 Å². The summed E-state index contributed by atoms with van der Waals surface area (Å²) >= 11 is 0. The number of rotatable bonds is 6. The maximum atomic E-state index is 12.0. The first-order valence-corrected chi connectivity index (χ1v) is 7.34. The molecule has 24 heavy (non-hydrogen) atoms. The Morgan fingerprint density at radius 3 is 2.58 bits per heavy atom. The predicted octanol–water partition coefficient (Wildman–Crippen LogP) is 1.45. The highest BCUT2D eigenvalue weighted by atomic mass is 16.5. The summed E-state index contributed by atoms with van der Waals surface area (Å²) in [5.74, 6) is 0.443. The van der Waals surface area contributed by atoms with Crippen molar-refractivity contribution in [1.29, 1.82) is 0 Å². The van der Waals surface area contributed by atoms with Crippen LogP contribution in [0.4, 0.5) is 4.79 Å². The number of nitrogens with one attached hydrogen (secondary N) is 3. The zero-order chi connectivity index (χ0) is 17.5. The Bertz CT molecular complexity index is 696. The van der Waals surface area contributed by atoms with E-state index in [2.05, 4.69) is 25.6 Å². The molecule has 2 amide bonds. The summed E-state index contributed by atoms with van der Waals surface area (Å²) in [5.41, 5.74) is 2.57. The van der Waals surface area contributed by atoms with Gasteiger partial charge in [-0.3, -0.25) is 9.89 Å². The van der Waals surface area contributed by atoms with Crippen molar-refractivity contribution < 1.29 is 19.1 Å². The quantitative estimate of drug-likeness (QED) is 0.742. The molecule has 2 rings (SSSR count). The number of aromatic amines is 1. The number of hydrogen-bond acceptors (Lipinski definition) is 5. The summed E-state index contributed by atoms with van der Waals surface area (Å²) in [6.07, 6.45) is 0.998. The van der Waals surface area contributed by atoms with E-state index in [1.165, 1.54) is 7.11 Å². The normalized spacial score (nSPS) is 11.5. The van der Waals surface area contributed by atoms with E-state index >= 15 is 0 Å². The van der Waals surface area contributed by atoms with Crippen LogP contribution in [0.15, 0.2) is 30.5 Å². The molecule has 0 aliphatic rings. The van der Waals surface area contributed by atoms with E-state index in [1.807, 2.05) is 24.3 Å². The van der Waals surface area contributed by atoms with Crippen LogP contribution in [0.2, 0.25) is 0 Å². The average Bonchev–Trinajstić information content (AvgIpc) is 3.08. The van der Waals surface area contributed by atoms with E-state index in [0.29, 0.717) is 0 Å². The Kier molecular flexibility index (Phi) is 5.78. The number of ether oxygens (including phenoxy) is 2. The van der Waals surface area contributed by atoms with Crippen molar-refractivity contribution in [1.82, 2.24) is 20.8 Å². The Morgan fingerprint density at radius 1 is 1.25 bits per heavy atom. The Hall–Kier alpha value is -3.03. The van der Waals surface area contributed by atoms with Crippen LogP contribution in [0.25, 0.3) is 11.3 Å². The van der Waals surface area contributed by atoms with Crippen molar-refractivity contribution in [3.05, 3.63) is 36.0 Å². The highest BCUT2D eigenvalue weighted by molar-refractivity contribution is 5.85. The molecule has 1 aromatic heterocycles. The van der Waals surface area contributed by atoms with Crippen LogP contribution in [0, 0.1) is 0 Å². The SMILES string of the molecule is COC(=O)NC(C)C(=O)NCc1cn[nH]c1-c1ccc(OC)cc1. The van der Waals surface area contributed by atoms with Gasteiger partial charge in [0.15, 0.2) is 0 Å². The molecule has 8 nitrogen and oxygen atoms in total. The second-order valence-electron chi connectivity index (χ2n) is 5.07. The number of hydrogen-bond donors (Lipinski definition) is 3. The van der Waals surface area contributed by atoms with E-state index in [4.69, 9.17) is 4.74 Å². The fourth-order valence-corrected chi connectivity index (χ4v) is 2.09.